The number of hydrogen-bond acceptors (Lipinski definition) is 3. The Labute approximate surface area is 94.4 Å². The molecule has 0 aromatic heterocycles. The van der Waals surface area contributed by atoms with Crippen LogP contribution in [0, 0.1) is 0 Å². The Kier molecular flexibility index (Phi) is 3.34. The first-order valence-electron chi connectivity index (χ1n) is 5.49. The lowest BCUT2D eigenvalue weighted by atomic mass is 10.0. The van der Waals surface area contributed by atoms with Gasteiger partial charge in [0, 0.05) is 6.42 Å². The molecular formula is C13H14O3. The van der Waals surface area contributed by atoms with Crippen molar-refractivity contribution in [2.24, 2.45) is 0 Å². The maximum Gasteiger partial charge on any atom is 0.313 e. The Balaban J connectivity index is 1.86. The predicted molar refractivity (Wildman–Crippen MR) is 58.9 cm³/mol. The molecule has 0 saturated carbocycles. The minimum atomic E-state index is -0.380. The fraction of sp³-hybridized carbons (Fsp3) is 0.385. The van der Waals surface area contributed by atoms with E-state index in [4.69, 9.17) is 4.74 Å². The SMILES string of the molecule is O=C1CC(=O)O[C@@H](CCc2ccccc2)C1. The lowest BCUT2D eigenvalue weighted by molar-refractivity contribution is -0.157. The van der Waals surface area contributed by atoms with Gasteiger partial charge in [-0.1, -0.05) is 30.3 Å². The van der Waals surface area contributed by atoms with Gasteiger partial charge in [-0.25, -0.2) is 0 Å². The van der Waals surface area contributed by atoms with Gasteiger partial charge in [-0.05, 0) is 18.4 Å². The normalized spacial score (nSPS) is 20.6. The molecule has 0 radical (unpaired) electrons. The number of ether oxygens (including phenoxy) is 1. The molecular weight excluding hydrogens is 204 g/mol. The molecule has 0 unspecified atom stereocenters. The Hall–Kier alpha value is -1.64. The van der Waals surface area contributed by atoms with Crippen LogP contribution < -0.4 is 0 Å². The molecule has 84 valence electrons. The second-order valence-electron chi connectivity index (χ2n) is 4.06. The predicted octanol–water partition coefficient (Wildman–Crippen LogP) is 1.89. The molecule has 0 N–H and O–H groups in total. The average Bonchev–Trinajstić information content (AvgIpc) is 2.27. The van der Waals surface area contributed by atoms with Gasteiger partial charge in [0.2, 0.25) is 0 Å². The molecule has 1 aliphatic heterocycles. The van der Waals surface area contributed by atoms with Crippen molar-refractivity contribution < 1.29 is 14.3 Å². The summed E-state index contributed by atoms with van der Waals surface area (Å²) < 4.78 is 5.12. The van der Waals surface area contributed by atoms with Gasteiger partial charge < -0.3 is 4.74 Å². The molecule has 1 atom stereocenters. The number of rotatable bonds is 3. The van der Waals surface area contributed by atoms with Crippen LogP contribution in [0.15, 0.2) is 30.3 Å². The average molecular weight is 218 g/mol. The Bertz CT molecular complexity index is 367. The second kappa shape index (κ2) is 4.92. The van der Waals surface area contributed by atoms with Gasteiger partial charge in [0.15, 0.2) is 0 Å². The van der Waals surface area contributed by atoms with E-state index in [0.29, 0.717) is 6.42 Å². The summed E-state index contributed by atoms with van der Waals surface area (Å²) in [6, 6.07) is 9.99. The maximum atomic E-state index is 11.2. The molecule has 3 heteroatoms. The lowest BCUT2D eigenvalue weighted by Crippen LogP contribution is -2.29. The monoisotopic (exact) mass is 218 g/mol. The fourth-order valence-electron chi connectivity index (χ4n) is 1.89. The minimum absolute atomic E-state index is 0.00527. The van der Waals surface area contributed by atoms with Crippen LogP contribution in [0.2, 0.25) is 0 Å². The third-order valence-corrected chi connectivity index (χ3v) is 2.69. The summed E-state index contributed by atoms with van der Waals surface area (Å²) in [7, 11) is 0. The number of esters is 1. The van der Waals surface area contributed by atoms with Crippen molar-refractivity contribution in [1.29, 1.82) is 0 Å². The van der Waals surface area contributed by atoms with Crippen molar-refractivity contribution in [2.75, 3.05) is 0 Å². The molecule has 0 amide bonds. The van der Waals surface area contributed by atoms with Gasteiger partial charge in [-0.15, -0.1) is 0 Å². The maximum absolute atomic E-state index is 11.2. The Morgan fingerprint density at radius 3 is 2.62 bits per heavy atom. The molecule has 0 aliphatic carbocycles. The summed E-state index contributed by atoms with van der Waals surface area (Å²) in [4.78, 5) is 22.2. The zero-order valence-corrected chi connectivity index (χ0v) is 9.02. The quantitative estimate of drug-likeness (QED) is 0.574. The van der Waals surface area contributed by atoms with Crippen molar-refractivity contribution in [1.82, 2.24) is 0 Å². The first-order chi connectivity index (χ1) is 7.74. The first kappa shape index (κ1) is 10.9. The number of carbonyl (C=O) groups excluding carboxylic acids is 2. The smallest absolute Gasteiger partial charge is 0.313 e. The topological polar surface area (TPSA) is 43.4 Å². The van der Waals surface area contributed by atoms with Gasteiger partial charge in [0.1, 0.15) is 18.3 Å². The number of Topliss-reactive ketones (excluding diaryl/α,β-unsaturated/α-hetero) is 1. The summed E-state index contributed by atoms with van der Waals surface area (Å²) >= 11 is 0. The highest BCUT2D eigenvalue weighted by molar-refractivity contribution is 5.97. The third-order valence-electron chi connectivity index (χ3n) is 2.69. The van der Waals surface area contributed by atoms with Crippen LogP contribution in [0.4, 0.5) is 0 Å². The summed E-state index contributed by atoms with van der Waals surface area (Å²) in [6.45, 7) is 0. The molecule has 1 saturated heterocycles. The van der Waals surface area contributed by atoms with E-state index in [1.54, 1.807) is 0 Å². The number of hydrogen-bond donors (Lipinski definition) is 0. The second-order valence-corrected chi connectivity index (χ2v) is 4.06. The van der Waals surface area contributed by atoms with Gasteiger partial charge in [-0.2, -0.15) is 0 Å². The molecule has 1 fully saturated rings. The number of ketones is 1. The van der Waals surface area contributed by atoms with Gasteiger partial charge in [0.25, 0.3) is 0 Å². The van der Waals surface area contributed by atoms with Crippen LogP contribution in [-0.4, -0.2) is 17.9 Å². The van der Waals surface area contributed by atoms with Crippen molar-refractivity contribution in [3.8, 4) is 0 Å². The van der Waals surface area contributed by atoms with Crippen LogP contribution in [-0.2, 0) is 20.7 Å². The van der Waals surface area contributed by atoms with E-state index in [0.717, 1.165) is 12.8 Å². The van der Waals surface area contributed by atoms with Crippen molar-refractivity contribution in [3.05, 3.63) is 35.9 Å². The number of carbonyl (C=O) groups is 2. The van der Waals surface area contributed by atoms with Crippen LogP contribution in [0.25, 0.3) is 0 Å². The Morgan fingerprint density at radius 2 is 1.94 bits per heavy atom. The molecule has 3 nitrogen and oxygen atoms in total. The summed E-state index contributed by atoms with van der Waals surface area (Å²) in [5.41, 5.74) is 1.21. The number of benzene rings is 1. The Morgan fingerprint density at radius 1 is 1.19 bits per heavy atom. The van der Waals surface area contributed by atoms with Gasteiger partial charge in [-0.3, -0.25) is 9.59 Å². The van der Waals surface area contributed by atoms with E-state index in [2.05, 4.69) is 0 Å². The largest absolute Gasteiger partial charge is 0.462 e. The summed E-state index contributed by atoms with van der Waals surface area (Å²) in [5.74, 6) is -0.386. The molecule has 1 aromatic carbocycles. The van der Waals surface area contributed by atoms with Crippen LogP contribution in [0.1, 0.15) is 24.8 Å². The molecule has 1 aliphatic rings. The fourth-order valence-corrected chi connectivity index (χ4v) is 1.89. The van der Waals surface area contributed by atoms with Crippen LogP contribution in [0.3, 0.4) is 0 Å². The van der Waals surface area contributed by atoms with E-state index in [9.17, 15) is 9.59 Å². The van der Waals surface area contributed by atoms with Crippen molar-refractivity contribution >= 4 is 11.8 Å². The number of cyclic esters (lactones) is 1. The molecule has 0 bridgehead atoms. The van der Waals surface area contributed by atoms with E-state index in [1.807, 2.05) is 30.3 Å². The highest BCUT2D eigenvalue weighted by atomic mass is 16.5. The molecule has 2 rings (SSSR count). The highest BCUT2D eigenvalue weighted by Crippen LogP contribution is 2.16. The third kappa shape index (κ3) is 2.92. The van der Waals surface area contributed by atoms with Gasteiger partial charge >= 0.3 is 5.97 Å². The molecule has 1 heterocycles. The van der Waals surface area contributed by atoms with E-state index in [-0.39, 0.29) is 24.3 Å². The van der Waals surface area contributed by atoms with Crippen molar-refractivity contribution in [2.45, 2.75) is 31.8 Å². The minimum Gasteiger partial charge on any atom is -0.462 e. The van der Waals surface area contributed by atoms with Crippen LogP contribution >= 0.6 is 0 Å². The van der Waals surface area contributed by atoms with E-state index < -0.39 is 0 Å². The standard InChI is InChI=1S/C13H14O3/c14-11-8-12(16-13(15)9-11)7-6-10-4-2-1-3-5-10/h1-5,12H,6-9H2/t12-/m0/s1. The molecule has 1 aromatic rings. The zero-order valence-electron chi connectivity index (χ0n) is 9.02. The first-order valence-corrected chi connectivity index (χ1v) is 5.49. The summed E-state index contributed by atoms with van der Waals surface area (Å²) in [6.07, 6.45) is 1.66. The molecule has 0 spiro atoms. The van der Waals surface area contributed by atoms with E-state index >= 15 is 0 Å². The van der Waals surface area contributed by atoms with Crippen molar-refractivity contribution in [3.63, 3.8) is 0 Å². The lowest BCUT2D eigenvalue weighted by Gasteiger charge is -2.21. The highest BCUT2D eigenvalue weighted by Gasteiger charge is 2.26. The number of aryl methyl sites for hydroxylation is 1. The molecule has 16 heavy (non-hydrogen) atoms. The van der Waals surface area contributed by atoms with Crippen LogP contribution in [0.5, 0.6) is 0 Å². The van der Waals surface area contributed by atoms with E-state index in [1.165, 1.54) is 5.56 Å². The van der Waals surface area contributed by atoms with Gasteiger partial charge in [0.05, 0.1) is 0 Å². The summed E-state index contributed by atoms with van der Waals surface area (Å²) in [5, 5.41) is 0. The zero-order chi connectivity index (χ0) is 11.4.